The topological polar surface area (TPSA) is 99.2 Å². The van der Waals surface area contributed by atoms with Gasteiger partial charge in [0.1, 0.15) is 5.54 Å². The molecule has 1 aliphatic heterocycles. The van der Waals surface area contributed by atoms with Crippen molar-refractivity contribution in [2.45, 2.75) is 76.3 Å². The molecule has 1 aromatic carbocycles. The molecule has 2 unspecified atom stereocenters. The molecule has 2 atom stereocenters. The minimum absolute atomic E-state index is 0.255. The monoisotopic (exact) mass is 423 g/mol. The summed E-state index contributed by atoms with van der Waals surface area (Å²) in [7, 11) is 0. The predicted molar refractivity (Wildman–Crippen MR) is 121 cm³/mol. The van der Waals surface area contributed by atoms with E-state index in [1.807, 2.05) is 0 Å². The van der Waals surface area contributed by atoms with E-state index in [9.17, 15) is 14.9 Å². The SMILES string of the molecule is CC(C)(C[CH]C(=O)NC1(C#N)CCN(C2CCCC(c3ccccc3)C2)CC1)C(N)=O. The molecule has 1 aromatic rings. The maximum Gasteiger partial charge on any atom is 0.225 e. The third-order valence-corrected chi connectivity index (χ3v) is 7.13. The summed E-state index contributed by atoms with van der Waals surface area (Å²) < 4.78 is 0. The largest absolute Gasteiger partial charge is 0.369 e. The second kappa shape index (κ2) is 9.82. The summed E-state index contributed by atoms with van der Waals surface area (Å²) in [4.78, 5) is 26.4. The number of likely N-dealkylation sites (tertiary alicyclic amines) is 1. The first-order valence-electron chi connectivity index (χ1n) is 11.4. The zero-order chi connectivity index (χ0) is 22.5. The van der Waals surface area contributed by atoms with Gasteiger partial charge in [0.2, 0.25) is 11.8 Å². The van der Waals surface area contributed by atoms with Crippen molar-refractivity contribution >= 4 is 11.8 Å². The first kappa shape index (κ1) is 23.3. The number of benzene rings is 1. The molecule has 0 aromatic heterocycles. The molecule has 6 heteroatoms. The summed E-state index contributed by atoms with van der Waals surface area (Å²) in [6.45, 7) is 5.05. The Balaban J connectivity index is 1.52. The van der Waals surface area contributed by atoms with Gasteiger partial charge < -0.3 is 16.0 Å². The van der Waals surface area contributed by atoms with Gasteiger partial charge in [0, 0.05) is 24.5 Å². The number of hydrogen-bond acceptors (Lipinski definition) is 4. The molecule has 167 valence electrons. The number of carbonyl (C=O) groups excluding carboxylic acids is 2. The van der Waals surface area contributed by atoms with Crippen LogP contribution in [0.1, 0.15) is 70.3 Å². The van der Waals surface area contributed by atoms with E-state index < -0.39 is 16.9 Å². The molecule has 1 saturated heterocycles. The lowest BCUT2D eigenvalue weighted by atomic mass is 9.79. The standard InChI is InChI=1S/C25H35N4O2/c1-24(2,23(27)31)12-11-22(30)28-25(18-26)13-15-29(16-14-25)21-10-6-9-20(17-21)19-7-4-3-5-8-19/h3-5,7-8,11,20-21H,6,9-10,12-17H2,1-2H3,(H2,27,31)(H,28,30). The van der Waals surface area contributed by atoms with Gasteiger partial charge in [-0.05, 0) is 50.0 Å². The molecule has 31 heavy (non-hydrogen) atoms. The van der Waals surface area contributed by atoms with Crippen LogP contribution in [0.15, 0.2) is 30.3 Å². The highest BCUT2D eigenvalue weighted by atomic mass is 16.2. The quantitative estimate of drug-likeness (QED) is 0.703. The van der Waals surface area contributed by atoms with Crippen molar-refractivity contribution in [3.63, 3.8) is 0 Å². The summed E-state index contributed by atoms with van der Waals surface area (Å²) in [5.41, 5.74) is 5.19. The van der Waals surface area contributed by atoms with Crippen LogP contribution < -0.4 is 11.1 Å². The third-order valence-electron chi connectivity index (χ3n) is 7.13. The van der Waals surface area contributed by atoms with Crippen LogP contribution in [-0.2, 0) is 9.59 Å². The van der Waals surface area contributed by atoms with Gasteiger partial charge in [-0.3, -0.25) is 9.59 Å². The fourth-order valence-corrected chi connectivity index (χ4v) is 4.79. The molecule has 1 aliphatic carbocycles. The lowest BCUT2D eigenvalue weighted by Gasteiger charge is -2.44. The Morgan fingerprint density at radius 1 is 1.26 bits per heavy atom. The Morgan fingerprint density at radius 3 is 2.55 bits per heavy atom. The number of nitrogens with zero attached hydrogens (tertiary/aromatic N) is 2. The lowest BCUT2D eigenvalue weighted by molar-refractivity contribution is -0.126. The highest BCUT2D eigenvalue weighted by Crippen LogP contribution is 2.36. The molecule has 2 fully saturated rings. The fraction of sp³-hybridized carbons (Fsp3) is 0.600. The zero-order valence-corrected chi connectivity index (χ0v) is 18.8. The van der Waals surface area contributed by atoms with Gasteiger partial charge in [-0.15, -0.1) is 0 Å². The van der Waals surface area contributed by atoms with Crippen LogP contribution in [0.25, 0.3) is 0 Å². The molecular formula is C25H35N4O2. The van der Waals surface area contributed by atoms with Gasteiger partial charge in [-0.1, -0.05) is 50.6 Å². The van der Waals surface area contributed by atoms with Gasteiger partial charge >= 0.3 is 0 Å². The van der Waals surface area contributed by atoms with E-state index >= 15 is 0 Å². The summed E-state index contributed by atoms with van der Waals surface area (Å²) in [5.74, 6) is -0.141. The molecule has 1 saturated carbocycles. The van der Waals surface area contributed by atoms with Crippen molar-refractivity contribution < 1.29 is 9.59 Å². The molecule has 6 nitrogen and oxygen atoms in total. The summed E-state index contributed by atoms with van der Waals surface area (Å²) >= 11 is 0. The van der Waals surface area contributed by atoms with E-state index in [0.29, 0.717) is 24.8 Å². The van der Waals surface area contributed by atoms with Gasteiger partial charge in [0.05, 0.1) is 12.5 Å². The second-order valence-electron chi connectivity index (χ2n) is 9.80. The van der Waals surface area contributed by atoms with Crippen LogP contribution in [0.5, 0.6) is 0 Å². The maximum atomic E-state index is 12.4. The number of nitriles is 1. The number of nitrogens with one attached hydrogen (secondary N) is 1. The number of primary amides is 1. The average molecular weight is 424 g/mol. The second-order valence-corrected chi connectivity index (χ2v) is 9.80. The molecular weight excluding hydrogens is 388 g/mol. The van der Waals surface area contributed by atoms with Crippen molar-refractivity contribution in [2.75, 3.05) is 13.1 Å². The van der Waals surface area contributed by atoms with E-state index in [1.165, 1.54) is 31.2 Å². The summed E-state index contributed by atoms with van der Waals surface area (Å²) in [6, 6.07) is 13.7. The Bertz CT molecular complexity index is 807. The van der Waals surface area contributed by atoms with Crippen LogP contribution in [0, 0.1) is 23.2 Å². The minimum atomic E-state index is -0.839. The van der Waals surface area contributed by atoms with Crippen molar-refractivity contribution in [3.8, 4) is 6.07 Å². The number of nitrogens with two attached hydrogens (primary N) is 1. The summed E-state index contributed by atoms with van der Waals surface area (Å²) in [6.07, 6.45) is 7.77. The predicted octanol–water partition coefficient (Wildman–Crippen LogP) is 3.29. The van der Waals surface area contributed by atoms with Gasteiger partial charge in [-0.25, -0.2) is 0 Å². The molecule has 0 spiro atoms. The molecule has 2 amide bonds. The van der Waals surface area contributed by atoms with Crippen molar-refractivity contribution in [1.82, 2.24) is 10.2 Å². The molecule has 3 N–H and O–H groups in total. The first-order chi connectivity index (χ1) is 14.7. The van der Waals surface area contributed by atoms with E-state index in [2.05, 4.69) is 46.6 Å². The highest BCUT2D eigenvalue weighted by molar-refractivity contribution is 5.87. The van der Waals surface area contributed by atoms with E-state index in [1.54, 1.807) is 13.8 Å². The van der Waals surface area contributed by atoms with Gasteiger partial charge in [0.15, 0.2) is 0 Å². The molecule has 3 rings (SSSR count). The van der Waals surface area contributed by atoms with Crippen molar-refractivity contribution in [3.05, 3.63) is 42.3 Å². The Labute approximate surface area is 186 Å². The van der Waals surface area contributed by atoms with E-state index in [0.717, 1.165) is 19.5 Å². The Kier molecular flexibility index (Phi) is 7.38. The number of hydrogen-bond donors (Lipinski definition) is 2. The first-order valence-corrected chi connectivity index (χ1v) is 11.4. The van der Waals surface area contributed by atoms with Crippen LogP contribution in [-0.4, -0.2) is 41.4 Å². The number of piperidine rings is 1. The molecule has 1 radical (unpaired) electrons. The number of amides is 2. The van der Waals surface area contributed by atoms with Crippen molar-refractivity contribution in [2.24, 2.45) is 11.1 Å². The third kappa shape index (κ3) is 5.86. The Morgan fingerprint density at radius 2 is 1.94 bits per heavy atom. The number of carbonyl (C=O) groups is 2. The van der Waals surface area contributed by atoms with Gasteiger partial charge in [0.25, 0.3) is 0 Å². The summed E-state index contributed by atoms with van der Waals surface area (Å²) in [5, 5.41) is 12.7. The zero-order valence-electron chi connectivity index (χ0n) is 18.8. The van der Waals surface area contributed by atoms with Crippen LogP contribution in [0.2, 0.25) is 0 Å². The Hall–Kier alpha value is -2.39. The highest BCUT2D eigenvalue weighted by Gasteiger charge is 2.39. The minimum Gasteiger partial charge on any atom is -0.369 e. The van der Waals surface area contributed by atoms with E-state index in [4.69, 9.17) is 5.73 Å². The lowest BCUT2D eigenvalue weighted by Crippen LogP contribution is -2.56. The molecule has 2 aliphatic rings. The normalized spacial score (nSPS) is 24.2. The van der Waals surface area contributed by atoms with Gasteiger partial charge in [-0.2, -0.15) is 5.26 Å². The number of rotatable bonds is 7. The van der Waals surface area contributed by atoms with Crippen LogP contribution >= 0.6 is 0 Å². The van der Waals surface area contributed by atoms with Crippen molar-refractivity contribution in [1.29, 1.82) is 5.26 Å². The molecule has 0 bridgehead atoms. The van der Waals surface area contributed by atoms with Crippen LogP contribution in [0.4, 0.5) is 0 Å². The van der Waals surface area contributed by atoms with Crippen LogP contribution in [0.3, 0.4) is 0 Å². The van der Waals surface area contributed by atoms with E-state index in [-0.39, 0.29) is 12.3 Å². The smallest absolute Gasteiger partial charge is 0.225 e. The molecule has 1 heterocycles. The average Bonchev–Trinajstić information content (AvgIpc) is 2.79. The maximum absolute atomic E-state index is 12.4. The fourth-order valence-electron chi connectivity index (χ4n) is 4.79.